The summed E-state index contributed by atoms with van der Waals surface area (Å²) >= 11 is 0. The predicted octanol–water partition coefficient (Wildman–Crippen LogP) is 5.00. The van der Waals surface area contributed by atoms with Gasteiger partial charge in [-0.05, 0) is 54.8 Å². The van der Waals surface area contributed by atoms with Crippen LogP contribution in [0.4, 0.5) is 15.9 Å². The summed E-state index contributed by atoms with van der Waals surface area (Å²) in [5, 5.41) is 0.670. The molecule has 0 saturated carbocycles. The standard InChI is InChI=1S/C32H35FN6O2/c1-7-28(40)37-17-18-38(21(4)19-37)30-24-15-16-26(23-11-8-9-13-25(23)33)34-31(24)39(32(41)35-30)29-22(20(2)3)12-10-14-27(29)36(5)6/h7-16,20-21H,1,17-19H2,2-6H3/t21-/m0/s1. The van der Waals surface area contributed by atoms with Gasteiger partial charge in [-0.15, -0.1) is 0 Å². The number of carbonyl (C=O) groups is 1. The molecule has 5 rings (SSSR count). The van der Waals surface area contributed by atoms with Gasteiger partial charge < -0.3 is 14.7 Å². The summed E-state index contributed by atoms with van der Waals surface area (Å²) in [5.74, 6) is 0.0930. The molecule has 2 aromatic heterocycles. The lowest BCUT2D eigenvalue weighted by Crippen LogP contribution is -2.54. The number of pyridine rings is 1. The van der Waals surface area contributed by atoms with Crippen molar-refractivity contribution in [2.45, 2.75) is 32.7 Å². The molecule has 0 bridgehead atoms. The summed E-state index contributed by atoms with van der Waals surface area (Å²) in [6.07, 6.45) is 1.32. The Kier molecular flexibility index (Phi) is 7.62. The maximum absolute atomic E-state index is 14.9. The van der Waals surface area contributed by atoms with Gasteiger partial charge in [0.05, 0.1) is 22.5 Å². The van der Waals surface area contributed by atoms with Gasteiger partial charge in [0.2, 0.25) is 5.91 Å². The summed E-state index contributed by atoms with van der Waals surface area (Å²) in [5.41, 5.74) is 3.21. The molecule has 1 saturated heterocycles. The Morgan fingerprint density at radius 2 is 1.83 bits per heavy atom. The van der Waals surface area contributed by atoms with Crippen molar-refractivity contribution in [2.24, 2.45) is 0 Å². The first-order chi connectivity index (χ1) is 19.6. The normalized spacial score (nSPS) is 15.4. The molecule has 1 amide bonds. The van der Waals surface area contributed by atoms with Crippen molar-refractivity contribution in [1.29, 1.82) is 0 Å². The minimum absolute atomic E-state index is 0.106. The summed E-state index contributed by atoms with van der Waals surface area (Å²) in [7, 11) is 3.86. The number of anilines is 2. The van der Waals surface area contributed by atoms with E-state index in [-0.39, 0.29) is 17.9 Å². The number of amides is 1. The quantitative estimate of drug-likeness (QED) is 0.313. The summed E-state index contributed by atoms with van der Waals surface area (Å²) in [6.45, 7) is 11.2. The molecule has 2 aromatic carbocycles. The number of rotatable bonds is 6. The van der Waals surface area contributed by atoms with E-state index < -0.39 is 11.5 Å². The van der Waals surface area contributed by atoms with Gasteiger partial charge in [-0.1, -0.05) is 44.7 Å². The van der Waals surface area contributed by atoms with Crippen LogP contribution >= 0.6 is 0 Å². The van der Waals surface area contributed by atoms with Crippen LogP contribution in [0.3, 0.4) is 0 Å². The molecule has 212 valence electrons. The van der Waals surface area contributed by atoms with E-state index in [0.717, 1.165) is 11.3 Å². The monoisotopic (exact) mass is 554 g/mol. The molecular weight excluding hydrogens is 519 g/mol. The van der Waals surface area contributed by atoms with E-state index in [0.29, 0.717) is 53.4 Å². The molecule has 0 spiro atoms. The molecule has 0 aliphatic carbocycles. The lowest BCUT2D eigenvalue weighted by Gasteiger charge is -2.40. The second-order valence-electron chi connectivity index (χ2n) is 10.9. The largest absolute Gasteiger partial charge is 0.376 e. The van der Waals surface area contributed by atoms with Crippen LogP contribution in [0, 0.1) is 5.82 Å². The Hall–Kier alpha value is -4.53. The zero-order valence-electron chi connectivity index (χ0n) is 24.1. The van der Waals surface area contributed by atoms with Gasteiger partial charge in [-0.25, -0.2) is 18.7 Å². The number of nitrogens with zero attached hydrogens (tertiary/aromatic N) is 6. The molecule has 0 radical (unpaired) electrons. The first kappa shape index (κ1) is 28.0. The fourth-order valence-electron chi connectivity index (χ4n) is 5.54. The fraction of sp³-hybridized carbons (Fsp3) is 0.312. The molecule has 1 aliphatic rings. The maximum atomic E-state index is 14.9. The number of para-hydroxylation sites is 1. The van der Waals surface area contributed by atoms with Gasteiger partial charge in [0.15, 0.2) is 5.65 Å². The Balaban J connectivity index is 1.81. The first-order valence-corrected chi connectivity index (χ1v) is 13.8. The van der Waals surface area contributed by atoms with Gasteiger partial charge in [0.25, 0.3) is 0 Å². The highest BCUT2D eigenvalue weighted by molar-refractivity contribution is 5.91. The summed E-state index contributed by atoms with van der Waals surface area (Å²) < 4.78 is 16.5. The molecule has 1 aliphatic heterocycles. The van der Waals surface area contributed by atoms with Gasteiger partial charge in [-0.3, -0.25) is 4.79 Å². The fourth-order valence-corrected chi connectivity index (χ4v) is 5.54. The Bertz CT molecular complexity index is 1670. The number of halogens is 1. The van der Waals surface area contributed by atoms with Crippen molar-refractivity contribution < 1.29 is 9.18 Å². The van der Waals surface area contributed by atoms with Gasteiger partial charge in [0, 0.05) is 45.3 Å². The smallest absolute Gasteiger partial charge is 0.355 e. The zero-order chi connectivity index (χ0) is 29.4. The van der Waals surface area contributed by atoms with E-state index in [1.54, 1.807) is 33.7 Å². The van der Waals surface area contributed by atoms with Crippen molar-refractivity contribution in [1.82, 2.24) is 19.4 Å². The minimum atomic E-state index is -0.473. The predicted molar refractivity (Wildman–Crippen MR) is 163 cm³/mol. The molecule has 9 heteroatoms. The van der Waals surface area contributed by atoms with E-state index in [9.17, 15) is 14.0 Å². The number of hydrogen-bond donors (Lipinski definition) is 0. The molecule has 41 heavy (non-hydrogen) atoms. The number of hydrogen-bond acceptors (Lipinski definition) is 6. The second kappa shape index (κ2) is 11.2. The van der Waals surface area contributed by atoms with Crippen molar-refractivity contribution >= 4 is 28.4 Å². The van der Waals surface area contributed by atoms with Crippen LogP contribution in [-0.2, 0) is 4.79 Å². The molecule has 4 aromatic rings. The van der Waals surface area contributed by atoms with Gasteiger partial charge in [0.1, 0.15) is 11.6 Å². The molecule has 1 fully saturated rings. The highest BCUT2D eigenvalue weighted by atomic mass is 19.1. The topological polar surface area (TPSA) is 74.6 Å². The highest BCUT2D eigenvalue weighted by Gasteiger charge is 2.30. The third-order valence-electron chi connectivity index (χ3n) is 7.63. The van der Waals surface area contributed by atoms with Crippen LogP contribution < -0.4 is 15.5 Å². The SMILES string of the molecule is C=CC(=O)N1CCN(c2nc(=O)n(-c3c(C(C)C)cccc3N(C)C)c3nc(-c4ccccc4F)ccc23)[C@@H](C)C1. The lowest BCUT2D eigenvalue weighted by molar-refractivity contribution is -0.126. The molecule has 0 N–H and O–H groups in total. The van der Waals surface area contributed by atoms with E-state index in [1.807, 2.05) is 55.1 Å². The number of aromatic nitrogens is 3. The first-order valence-electron chi connectivity index (χ1n) is 13.8. The maximum Gasteiger partial charge on any atom is 0.355 e. The van der Waals surface area contributed by atoms with Gasteiger partial charge in [-0.2, -0.15) is 4.98 Å². The minimum Gasteiger partial charge on any atom is -0.376 e. The number of carbonyl (C=O) groups excluding carboxylic acids is 1. The number of fused-ring (bicyclic) bond motifs is 1. The summed E-state index contributed by atoms with van der Waals surface area (Å²) in [4.78, 5) is 41.7. The lowest BCUT2D eigenvalue weighted by atomic mass is 9.99. The third kappa shape index (κ3) is 5.08. The average molecular weight is 555 g/mol. The molecule has 0 unspecified atom stereocenters. The van der Waals surface area contributed by atoms with Crippen LogP contribution in [0.15, 0.2) is 72.0 Å². The van der Waals surface area contributed by atoms with Crippen molar-refractivity contribution in [3.8, 4) is 16.9 Å². The number of benzene rings is 2. The highest BCUT2D eigenvalue weighted by Crippen LogP contribution is 2.35. The van der Waals surface area contributed by atoms with Crippen LogP contribution in [0.5, 0.6) is 0 Å². The van der Waals surface area contributed by atoms with Gasteiger partial charge >= 0.3 is 5.69 Å². The van der Waals surface area contributed by atoms with Crippen molar-refractivity contribution in [2.75, 3.05) is 43.5 Å². The second-order valence-corrected chi connectivity index (χ2v) is 10.9. The Morgan fingerprint density at radius 1 is 1.07 bits per heavy atom. The van der Waals surface area contributed by atoms with E-state index in [2.05, 4.69) is 25.4 Å². The van der Waals surface area contributed by atoms with Crippen LogP contribution in [0.2, 0.25) is 0 Å². The van der Waals surface area contributed by atoms with Crippen molar-refractivity contribution in [3.63, 3.8) is 0 Å². The van der Waals surface area contributed by atoms with E-state index >= 15 is 0 Å². The molecule has 1 atom stereocenters. The molecular formula is C32H35FN6O2. The average Bonchev–Trinajstić information content (AvgIpc) is 2.96. The molecule has 8 nitrogen and oxygen atoms in total. The van der Waals surface area contributed by atoms with E-state index in [4.69, 9.17) is 4.98 Å². The van der Waals surface area contributed by atoms with Crippen LogP contribution in [0.25, 0.3) is 28.0 Å². The zero-order valence-corrected chi connectivity index (χ0v) is 24.1. The third-order valence-corrected chi connectivity index (χ3v) is 7.63. The van der Waals surface area contributed by atoms with Crippen LogP contribution in [0.1, 0.15) is 32.3 Å². The Morgan fingerprint density at radius 3 is 2.49 bits per heavy atom. The molecule has 3 heterocycles. The van der Waals surface area contributed by atoms with Crippen molar-refractivity contribution in [3.05, 3.63) is 89.1 Å². The van der Waals surface area contributed by atoms with E-state index in [1.165, 1.54) is 12.1 Å². The van der Waals surface area contributed by atoms with Crippen LogP contribution in [-0.4, -0.2) is 65.1 Å². The summed E-state index contributed by atoms with van der Waals surface area (Å²) in [6, 6.07) is 16.0. The Labute approximate surface area is 239 Å². The number of piperazine rings is 1.